The number of ether oxygens (including phenoxy) is 2. The average molecular weight is 1050 g/mol. The summed E-state index contributed by atoms with van der Waals surface area (Å²) in [6.45, 7) is 6.12. The van der Waals surface area contributed by atoms with Gasteiger partial charge in [0.05, 0.1) is 13.2 Å². The van der Waals surface area contributed by atoms with Crippen molar-refractivity contribution in [2.75, 3.05) is 20.7 Å². The molecule has 3 aliphatic heterocycles. The lowest BCUT2D eigenvalue weighted by atomic mass is 9.96. The summed E-state index contributed by atoms with van der Waals surface area (Å²) in [5, 5.41) is 45.6. The molecule has 9 amide bonds. The Balaban J connectivity index is 1.62. The van der Waals surface area contributed by atoms with Crippen molar-refractivity contribution in [2.24, 2.45) is 11.7 Å². The fourth-order valence-electron chi connectivity index (χ4n) is 9.36. The zero-order valence-electron chi connectivity index (χ0n) is 43.1. The number of aromatic hydroxyl groups is 1. The van der Waals surface area contributed by atoms with Gasteiger partial charge in [0.15, 0.2) is 0 Å². The van der Waals surface area contributed by atoms with Gasteiger partial charge in [0.25, 0.3) is 0 Å². The molecular weight excluding hydrogens is 979 g/mol. The van der Waals surface area contributed by atoms with Gasteiger partial charge in [-0.2, -0.15) is 0 Å². The van der Waals surface area contributed by atoms with Gasteiger partial charge < -0.3 is 71.8 Å². The summed E-state index contributed by atoms with van der Waals surface area (Å²) in [6, 6.07) is 0.423. The van der Waals surface area contributed by atoms with E-state index < -0.39 is 132 Å². The van der Waals surface area contributed by atoms with Crippen LogP contribution in [0.1, 0.15) is 90.2 Å². The van der Waals surface area contributed by atoms with Gasteiger partial charge in [-0.25, -0.2) is 4.79 Å². The van der Waals surface area contributed by atoms with E-state index in [9.17, 15) is 63.3 Å². The average Bonchev–Trinajstić information content (AvgIpc) is 3.87. The molecule has 12 atom stereocenters. The number of phenols is 1. The molecule has 0 spiro atoms. The number of nitrogens with two attached hydrogens (primary N) is 1. The lowest BCUT2D eigenvalue weighted by Crippen LogP contribution is -2.67. The van der Waals surface area contributed by atoms with E-state index in [1.54, 1.807) is 50.2 Å². The second kappa shape index (κ2) is 26.7. The van der Waals surface area contributed by atoms with Gasteiger partial charge in [-0.05, 0) is 100 Å². The predicted octanol–water partition coefficient (Wildman–Crippen LogP) is -1.60. The van der Waals surface area contributed by atoms with Crippen LogP contribution in [0.15, 0.2) is 48.5 Å². The van der Waals surface area contributed by atoms with Crippen LogP contribution in [0, 0.1) is 5.92 Å². The molecule has 2 bridgehead atoms. The van der Waals surface area contributed by atoms with Crippen LogP contribution in [0.5, 0.6) is 11.5 Å². The smallest absolute Gasteiger partial charge is 0.329 e. The van der Waals surface area contributed by atoms with Crippen LogP contribution < -0.4 is 37.1 Å². The van der Waals surface area contributed by atoms with Crippen LogP contribution >= 0.6 is 0 Å². The number of cyclic esters (lactones) is 1. The Morgan fingerprint density at radius 3 is 2.20 bits per heavy atom. The molecule has 4 unspecified atom stereocenters. The maximum absolute atomic E-state index is 14.8. The number of esters is 1. The van der Waals surface area contributed by atoms with Crippen LogP contribution in [0.3, 0.4) is 0 Å². The molecule has 2 aromatic rings. The number of nitrogens with zero attached hydrogens (tertiary/aromatic N) is 3. The number of carbonyl (C=O) groups is 10. The number of likely N-dealkylation sites (tertiary alicyclic amines) is 1. The van der Waals surface area contributed by atoms with E-state index in [0.717, 1.165) is 9.80 Å². The first kappa shape index (κ1) is 58.5. The number of aliphatic hydroxyl groups excluding tert-OH is 2. The normalized spacial score (nSPS) is 26.5. The highest BCUT2D eigenvalue weighted by Crippen LogP contribution is 2.26. The van der Waals surface area contributed by atoms with E-state index in [1.807, 2.05) is 0 Å². The Kier molecular flexibility index (Phi) is 20.9. The van der Waals surface area contributed by atoms with Crippen LogP contribution in [-0.4, -0.2) is 177 Å². The number of rotatable bonds is 17. The number of piperidine rings is 1. The third-order valence-corrected chi connectivity index (χ3v) is 14.1. The lowest BCUT2D eigenvalue weighted by Gasteiger charge is -2.43. The molecule has 75 heavy (non-hydrogen) atoms. The number of benzene rings is 2. The topological polar surface area (TPSA) is 346 Å². The molecule has 0 aromatic heterocycles. The second-order valence-electron chi connectivity index (χ2n) is 19.4. The minimum Gasteiger partial charge on any atom is -0.508 e. The van der Waals surface area contributed by atoms with Gasteiger partial charge in [0.2, 0.25) is 53.7 Å². The zero-order valence-corrected chi connectivity index (χ0v) is 43.1. The summed E-state index contributed by atoms with van der Waals surface area (Å²) >= 11 is 0. The summed E-state index contributed by atoms with van der Waals surface area (Å²) in [5.41, 5.74) is 6.57. The van der Waals surface area contributed by atoms with E-state index in [1.165, 1.54) is 45.0 Å². The maximum atomic E-state index is 14.8. The largest absolute Gasteiger partial charge is 0.508 e. The molecular formula is C51H71N9O15. The molecule has 410 valence electrons. The molecule has 0 aliphatic carbocycles. The zero-order chi connectivity index (χ0) is 55.3. The predicted molar refractivity (Wildman–Crippen MR) is 266 cm³/mol. The summed E-state index contributed by atoms with van der Waals surface area (Å²) < 4.78 is 11.2. The SMILES string of the molecule is CCC(C)[C@@H]1NC(=O)[C@@H](Cc2ccc(OC)cc2)N(C)C(=O)C(C(C)O)N2C(=O)C(CC[C@@H]2O)NC(=O)[C@@H](CCc2ccc(O)cc2)NC(=O)[C@@H](NC(=O)[C@H](CCC(N)=O)NC(=O)[C@@H]2CCCN2C=O)[C@H](C)OC1=O. The van der Waals surface area contributed by atoms with Crippen molar-refractivity contribution < 1.29 is 72.7 Å². The van der Waals surface area contributed by atoms with Gasteiger partial charge in [0, 0.05) is 26.4 Å². The van der Waals surface area contributed by atoms with Crippen LogP contribution in [0.25, 0.3) is 0 Å². The molecule has 3 heterocycles. The Bertz CT molecular complexity index is 2390. The third-order valence-electron chi connectivity index (χ3n) is 14.1. The number of carbonyl (C=O) groups excluding carboxylic acids is 10. The van der Waals surface area contributed by atoms with E-state index in [2.05, 4.69) is 26.6 Å². The number of aryl methyl sites for hydroxylation is 1. The third kappa shape index (κ3) is 15.1. The number of nitrogens with one attached hydrogen (secondary N) is 5. The van der Waals surface area contributed by atoms with Crippen LogP contribution in [0.2, 0.25) is 0 Å². The molecule has 5 rings (SSSR count). The summed E-state index contributed by atoms with van der Waals surface area (Å²) in [7, 11) is 2.73. The molecule has 24 nitrogen and oxygen atoms in total. The molecule has 10 N–H and O–H groups in total. The first-order chi connectivity index (χ1) is 35.6. The van der Waals surface area contributed by atoms with Gasteiger partial charge in [-0.15, -0.1) is 0 Å². The summed E-state index contributed by atoms with van der Waals surface area (Å²) in [4.78, 5) is 143. The summed E-state index contributed by atoms with van der Waals surface area (Å²) in [5.74, 6) is -8.79. The van der Waals surface area contributed by atoms with Crippen molar-refractivity contribution in [3.8, 4) is 11.5 Å². The number of primary amides is 1. The highest BCUT2D eigenvalue weighted by Gasteiger charge is 2.47. The molecule has 3 aliphatic rings. The highest BCUT2D eigenvalue weighted by atomic mass is 16.5. The minimum absolute atomic E-state index is 0.0425. The summed E-state index contributed by atoms with van der Waals surface area (Å²) in [6.07, 6.45) is -4.79. The molecule has 3 fully saturated rings. The number of aliphatic hydroxyl groups is 2. The van der Waals surface area contributed by atoms with E-state index >= 15 is 0 Å². The Morgan fingerprint density at radius 1 is 0.920 bits per heavy atom. The van der Waals surface area contributed by atoms with Crippen molar-refractivity contribution in [1.29, 1.82) is 0 Å². The van der Waals surface area contributed by atoms with E-state index in [4.69, 9.17) is 15.2 Å². The monoisotopic (exact) mass is 1050 g/mol. The van der Waals surface area contributed by atoms with Gasteiger partial charge in [-0.3, -0.25) is 43.2 Å². The Labute approximate surface area is 434 Å². The Hall–Kier alpha value is -7.34. The number of fused-ring (bicyclic) bond motifs is 2. The molecule has 3 saturated heterocycles. The van der Waals surface area contributed by atoms with E-state index in [0.29, 0.717) is 29.7 Å². The highest BCUT2D eigenvalue weighted by molar-refractivity contribution is 5.99. The molecule has 0 radical (unpaired) electrons. The van der Waals surface area contributed by atoms with Crippen molar-refractivity contribution in [3.05, 3.63) is 59.7 Å². The first-order valence-corrected chi connectivity index (χ1v) is 25.2. The van der Waals surface area contributed by atoms with Crippen molar-refractivity contribution in [1.82, 2.24) is 41.3 Å². The fourth-order valence-corrected chi connectivity index (χ4v) is 9.36. The molecule has 24 heteroatoms. The number of hydrogen-bond donors (Lipinski definition) is 9. The van der Waals surface area contributed by atoms with E-state index in [-0.39, 0.29) is 63.7 Å². The number of likely N-dealkylation sites (N-methyl/N-ethyl adjacent to an activating group) is 1. The van der Waals surface area contributed by atoms with Crippen molar-refractivity contribution in [3.63, 3.8) is 0 Å². The number of phenolic OH excluding ortho intramolecular Hbond substituents is 1. The quantitative estimate of drug-likeness (QED) is 0.0636. The number of hydrogen-bond acceptors (Lipinski definition) is 15. The van der Waals surface area contributed by atoms with Gasteiger partial charge >= 0.3 is 5.97 Å². The minimum atomic E-state index is -1.88. The lowest BCUT2D eigenvalue weighted by molar-refractivity contribution is -0.170. The number of amides is 9. The van der Waals surface area contributed by atoms with Crippen LogP contribution in [0.4, 0.5) is 0 Å². The van der Waals surface area contributed by atoms with Gasteiger partial charge in [-0.1, -0.05) is 44.5 Å². The maximum Gasteiger partial charge on any atom is 0.329 e. The van der Waals surface area contributed by atoms with Crippen molar-refractivity contribution >= 4 is 59.6 Å². The first-order valence-electron chi connectivity index (χ1n) is 25.2. The van der Waals surface area contributed by atoms with Crippen molar-refractivity contribution in [2.45, 2.75) is 159 Å². The number of methoxy groups -OCH3 is 1. The van der Waals surface area contributed by atoms with Crippen LogP contribution in [-0.2, 0) is 65.5 Å². The standard InChI is InChI=1S/C51H71N9O15/c1-7-27(2)41-51(73)75-29(4)42(57-45(67)35(20-22-39(52)64)53-46(68)37-9-8-24-59(37)26-61)48(70)54-34(19-14-30-10-15-32(63)16-11-30)44(66)55-36-21-23-40(65)60(49(36)71)43(28(3)62)50(72)58(5)38(47(69)56-41)25-31-12-17-33(74-6)18-13-31/h10-13,15-18,26-29,34-38,40-43,62-63,65H,7-9,14,19-25H2,1-6H3,(H2,52,64)(H,53,68)(H,54,70)(H,55,66)(H,56,69)(H,57,67)/t27?,28?,29-,34+,35-,36?,37-,38+,40-,41-,42-,43?/m0/s1. The molecule has 0 saturated carbocycles. The Morgan fingerprint density at radius 2 is 1.59 bits per heavy atom. The fraction of sp³-hybridized carbons (Fsp3) is 0.569. The molecule has 2 aromatic carbocycles. The van der Waals surface area contributed by atoms with Gasteiger partial charge in [0.1, 0.15) is 72.2 Å². The second-order valence-corrected chi connectivity index (χ2v) is 19.4.